The summed E-state index contributed by atoms with van der Waals surface area (Å²) in [5.74, 6) is -0.791. The lowest BCUT2D eigenvalue weighted by atomic mass is 10.1. The van der Waals surface area contributed by atoms with Crippen molar-refractivity contribution in [1.29, 1.82) is 0 Å². The lowest BCUT2D eigenvalue weighted by Crippen LogP contribution is -2.31. The van der Waals surface area contributed by atoms with Crippen LogP contribution in [0.1, 0.15) is 33.6 Å². The second-order valence-corrected chi connectivity index (χ2v) is 4.48. The number of carbonyl (C=O) groups excluding carboxylic acids is 2. The van der Waals surface area contributed by atoms with Crippen molar-refractivity contribution in [2.75, 3.05) is 19.8 Å². The first kappa shape index (κ1) is 13.7. The molecule has 19 heavy (non-hydrogen) atoms. The van der Waals surface area contributed by atoms with Crippen molar-refractivity contribution in [2.24, 2.45) is 0 Å². The van der Waals surface area contributed by atoms with Gasteiger partial charge in [-0.2, -0.15) is 0 Å². The molecule has 0 unspecified atom stereocenters. The van der Waals surface area contributed by atoms with E-state index in [-0.39, 0.29) is 17.6 Å². The van der Waals surface area contributed by atoms with Gasteiger partial charge in [-0.1, -0.05) is 12.1 Å². The SMILES string of the molecule is O=C(CF)c1ccc(C(=O)NC[C@H]2CCCO2)cc1. The van der Waals surface area contributed by atoms with E-state index in [4.69, 9.17) is 4.74 Å². The van der Waals surface area contributed by atoms with E-state index in [1.807, 2.05) is 0 Å². The third-order valence-electron chi connectivity index (χ3n) is 3.10. The molecular formula is C14H16FNO3. The van der Waals surface area contributed by atoms with Gasteiger partial charge in [0.05, 0.1) is 6.10 Å². The van der Waals surface area contributed by atoms with E-state index < -0.39 is 12.5 Å². The molecule has 1 aliphatic heterocycles. The molecule has 2 rings (SSSR count). The van der Waals surface area contributed by atoms with E-state index in [0.717, 1.165) is 19.4 Å². The van der Waals surface area contributed by atoms with Gasteiger partial charge >= 0.3 is 0 Å². The lowest BCUT2D eigenvalue weighted by molar-refractivity contribution is 0.0857. The Kier molecular flexibility index (Phi) is 4.63. The quantitative estimate of drug-likeness (QED) is 0.825. The van der Waals surface area contributed by atoms with E-state index in [9.17, 15) is 14.0 Å². The summed E-state index contributed by atoms with van der Waals surface area (Å²) in [4.78, 5) is 22.9. The van der Waals surface area contributed by atoms with E-state index >= 15 is 0 Å². The molecule has 1 saturated heterocycles. The van der Waals surface area contributed by atoms with Gasteiger partial charge in [0.15, 0.2) is 12.5 Å². The van der Waals surface area contributed by atoms with Crippen LogP contribution in [0, 0.1) is 0 Å². The molecule has 4 nitrogen and oxygen atoms in total. The normalized spacial score (nSPS) is 18.3. The van der Waals surface area contributed by atoms with Crippen LogP contribution in [0.2, 0.25) is 0 Å². The number of nitrogens with one attached hydrogen (secondary N) is 1. The summed E-state index contributed by atoms with van der Waals surface area (Å²) in [5.41, 5.74) is 0.728. The molecule has 0 aliphatic carbocycles. The van der Waals surface area contributed by atoms with E-state index in [2.05, 4.69) is 5.32 Å². The van der Waals surface area contributed by atoms with Gasteiger partial charge < -0.3 is 10.1 Å². The molecule has 0 aromatic heterocycles. The van der Waals surface area contributed by atoms with Crippen molar-refractivity contribution < 1.29 is 18.7 Å². The van der Waals surface area contributed by atoms with E-state index in [0.29, 0.717) is 12.1 Å². The Labute approximate surface area is 110 Å². The fourth-order valence-corrected chi connectivity index (χ4v) is 2.00. The number of carbonyl (C=O) groups is 2. The van der Waals surface area contributed by atoms with Crippen LogP contribution in [0.4, 0.5) is 4.39 Å². The monoisotopic (exact) mass is 265 g/mol. The van der Waals surface area contributed by atoms with Crippen LogP contribution in [-0.4, -0.2) is 37.6 Å². The summed E-state index contributed by atoms with van der Waals surface area (Å²) in [6.07, 6.45) is 2.08. The molecule has 1 N–H and O–H groups in total. The smallest absolute Gasteiger partial charge is 0.251 e. The summed E-state index contributed by atoms with van der Waals surface area (Å²) >= 11 is 0. The first-order valence-corrected chi connectivity index (χ1v) is 6.29. The van der Waals surface area contributed by atoms with Crippen molar-refractivity contribution in [1.82, 2.24) is 5.32 Å². The van der Waals surface area contributed by atoms with Crippen LogP contribution in [0.3, 0.4) is 0 Å². The topological polar surface area (TPSA) is 55.4 Å². The van der Waals surface area contributed by atoms with Gasteiger partial charge in [-0.05, 0) is 25.0 Å². The molecule has 1 fully saturated rings. The standard InChI is InChI=1S/C14H16FNO3/c15-8-13(17)10-3-5-11(6-4-10)14(18)16-9-12-2-1-7-19-12/h3-6,12H,1-2,7-9H2,(H,16,18)/t12-/m1/s1. The minimum Gasteiger partial charge on any atom is -0.376 e. The van der Waals surface area contributed by atoms with E-state index in [1.165, 1.54) is 24.3 Å². The van der Waals surface area contributed by atoms with Crippen molar-refractivity contribution in [2.45, 2.75) is 18.9 Å². The largest absolute Gasteiger partial charge is 0.376 e. The maximum Gasteiger partial charge on any atom is 0.251 e. The first-order chi connectivity index (χ1) is 9.20. The van der Waals surface area contributed by atoms with Gasteiger partial charge in [0.1, 0.15) is 0 Å². The molecule has 0 bridgehead atoms. The zero-order valence-electron chi connectivity index (χ0n) is 10.5. The van der Waals surface area contributed by atoms with Crippen LogP contribution in [0.15, 0.2) is 24.3 Å². The second-order valence-electron chi connectivity index (χ2n) is 4.48. The molecule has 0 saturated carbocycles. The van der Waals surface area contributed by atoms with Crippen LogP contribution in [0.25, 0.3) is 0 Å². The average Bonchev–Trinajstić information content (AvgIpc) is 2.97. The number of alkyl halides is 1. The molecule has 1 atom stereocenters. The fourth-order valence-electron chi connectivity index (χ4n) is 2.00. The maximum absolute atomic E-state index is 12.2. The summed E-state index contributed by atoms with van der Waals surface area (Å²) in [7, 11) is 0. The molecule has 1 aromatic rings. The number of ketones is 1. The Bertz CT molecular complexity index is 452. The number of ether oxygens (including phenoxy) is 1. The zero-order valence-corrected chi connectivity index (χ0v) is 10.5. The predicted molar refractivity (Wildman–Crippen MR) is 68.1 cm³/mol. The van der Waals surface area contributed by atoms with Crippen molar-refractivity contribution >= 4 is 11.7 Å². The Hall–Kier alpha value is -1.75. The molecule has 1 heterocycles. The average molecular weight is 265 g/mol. The summed E-state index contributed by atoms with van der Waals surface area (Å²) < 4.78 is 17.6. The zero-order chi connectivity index (χ0) is 13.7. The van der Waals surface area contributed by atoms with Gasteiger partial charge in [0, 0.05) is 24.3 Å². The van der Waals surface area contributed by atoms with Crippen LogP contribution in [0.5, 0.6) is 0 Å². The second kappa shape index (κ2) is 6.43. The summed E-state index contributed by atoms with van der Waals surface area (Å²) in [5, 5.41) is 2.78. The molecule has 1 aromatic carbocycles. The minimum atomic E-state index is -1.02. The first-order valence-electron chi connectivity index (χ1n) is 6.29. The molecule has 5 heteroatoms. The summed E-state index contributed by atoms with van der Waals surface area (Å²) in [6, 6.07) is 5.97. The fraction of sp³-hybridized carbons (Fsp3) is 0.429. The molecule has 0 radical (unpaired) electrons. The number of amides is 1. The minimum absolute atomic E-state index is 0.0938. The van der Waals surface area contributed by atoms with Crippen LogP contribution >= 0.6 is 0 Å². The predicted octanol–water partition coefficient (Wildman–Crippen LogP) is 1.75. The number of benzene rings is 1. The number of hydrogen-bond acceptors (Lipinski definition) is 3. The van der Waals surface area contributed by atoms with Crippen LogP contribution in [-0.2, 0) is 4.74 Å². The summed E-state index contributed by atoms with van der Waals surface area (Å²) in [6.45, 7) is 0.217. The highest BCUT2D eigenvalue weighted by Gasteiger charge is 2.16. The molecule has 1 aliphatic rings. The molecular weight excluding hydrogens is 249 g/mol. The van der Waals surface area contributed by atoms with Crippen molar-refractivity contribution in [3.63, 3.8) is 0 Å². The van der Waals surface area contributed by atoms with E-state index in [1.54, 1.807) is 0 Å². The molecule has 102 valence electrons. The molecule has 1 amide bonds. The van der Waals surface area contributed by atoms with Gasteiger partial charge in [0.2, 0.25) is 0 Å². The van der Waals surface area contributed by atoms with Crippen molar-refractivity contribution in [3.05, 3.63) is 35.4 Å². The van der Waals surface area contributed by atoms with Gasteiger partial charge in [-0.15, -0.1) is 0 Å². The Morgan fingerprint density at radius 1 is 1.26 bits per heavy atom. The Morgan fingerprint density at radius 2 is 1.95 bits per heavy atom. The molecule has 0 spiro atoms. The Morgan fingerprint density at radius 3 is 2.53 bits per heavy atom. The van der Waals surface area contributed by atoms with Gasteiger partial charge in [-0.25, -0.2) is 4.39 Å². The van der Waals surface area contributed by atoms with Crippen LogP contribution < -0.4 is 5.32 Å². The number of halogens is 1. The van der Waals surface area contributed by atoms with Crippen molar-refractivity contribution in [3.8, 4) is 0 Å². The lowest BCUT2D eigenvalue weighted by Gasteiger charge is -2.10. The third-order valence-corrected chi connectivity index (χ3v) is 3.10. The highest BCUT2D eigenvalue weighted by atomic mass is 19.1. The Balaban J connectivity index is 1.89. The van der Waals surface area contributed by atoms with Gasteiger partial charge in [0.25, 0.3) is 5.91 Å². The highest BCUT2D eigenvalue weighted by molar-refractivity contribution is 5.99. The number of hydrogen-bond donors (Lipinski definition) is 1. The maximum atomic E-state index is 12.2. The van der Waals surface area contributed by atoms with Gasteiger partial charge in [-0.3, -0.25) is 9.59 Å². The number of rotatable bonds is 5. The number of Topliss-reactive ketones (excluding diaryl/α,β-unsaturated/α-hetero) is 1. The highest BCUT2D eigenvalue weighted by Crippen LogP contribution is 2.11. The third kappa shape index (κ3) is 3.61.